The number of hydrogen-bond acceptors (Lipinski definition) is 3. The standard InChI is InChI=1S/C14H18O3S/c1-3-11-16-14(9-5-4-6-10-14)12-7-8-13(17-12)18(2)15/h1,7-8H,4-6,9-11H2,2H3. The predicted octanol–water partition coefficient (Wildman–Crippen LogP) is 2.83. The molecular weight excluding hydrogens is 248 g/mol. The van der Waals surface area contributed by atoms with Gasteiger partial charge in [0.2, 0.25) is 0 Å². The molecular formula is C14H18O3S. The topological polar surface area (TPSA) is 39.4 Å². The molecule has 0 aromatic carbocycles. The first kappa shape index (κ1) is 13.4. The summed E-state index contributed by atoms with van der Waals surface area (Å²) in [5.41, 5.74) is -0.414. The fourth-order valence-electron chi connectivity index (χ4n) is 2.48. The third kappa shape index (κ3) is 2.68. The molecule has 0 N–H and O–H groups in total. The highest BCUT2D eigenvalue weighted by atomic mass is 32.2. The summed E-state index contributed by atoms with van der Waals surface area (Å²) in [6.07, 6.45) is 12.2. The van der Waals surface area contributed by atoms with Gasteiger partial charge in [0.1, 0.15) is 18.0 Å². The number of rotatable bonds is 4. The molecule has 0 bridgehead atoms. The van der Waals surface area contributed by atoms with Crippen molar-refractivity contribution in [2.24, 2.45) is 0 Å². The Labute approximate surface area is 110 Å². The molecule has 18 heavy (non-hydrogen) atoms. The zero-order valence-corrected chi connectivity index (χ0v) is 11.4. The van der Waals surface area contributed by atoms with Crippen molar-refractivity contribution in [2.75, 3.05) is 12.9 Å². The highest BCUT2D eigenvalue weighted by Gasteiger charge is 2.38. The van der Waals surface area contributed by atoms with Gasteiger partial charge < -0.3 is 9.15 Å². The molecule has 1 aromatic rings. The maximum atomic E-state index is 11.4. The first-order valence-corrected chi connectivity index (χ1v) is 7.75. The van der Waals surface area contributed by atoms with Gasteiger partial charge in [0.25, 0.3) is 0 Å². The monoisotopic (exact) mass is 266 g/mol. The van der Waals surface area contributed by atoms with Crippen LogP contribution in [-0.2, 0) is 21.1 Å². The van der Waals surface area contributed by atoms with Crippen LogP contribution in [-0.4, -0.2) is 17.1 Å². The van der Waals surface area contributed by atoms with E-state index in [1.165, 1.54) is 6.42 Å². The van der Waals surface area contributed by atoms with E-state index in [1.807, 2.05) is 6.07 Å². The van der Waals surface area contributed by atoms with Gasteiger partial charge in [-0.1, -0.05) is 25.2 Å². The molecule has 0 aliphatic heterocycles. The number of furan rings is 1. The van der Waals surface area contributed by atoms with Crippen molar-refractivity contribution in [1.82, 2.24) is 0 Å². The molecule has 1 heterocycles. The summed E-state index contributed by atoms with van der Waals surface area (Å²) >= 11 is 0. The van der Waals surface area contributed by atoms with Gasteiger partial charge in [0, 0.05) is 6.26 Å². The summed E-state index contributed by atoms with van der Waals surface area (Å²) in [5.74, 6) is 3.28. The molecule has 2 rings (SSSR count). The van der Waals surface area contributed by atoms with Gasteiger partial charge in [-0.25, -0.2) is 0 Å². The van der Waals surface area contributed by atoms with Crippen molar-refractivity contribution in [3.8, 4) is 12.3 Å². The lowest BCUT2D eigenvalue weighted by atomic mass is 9.83. The number of hydrogen-bond donors (Lipinski definition) is 0. The van der Waals surface area contributed by atoms with E-state index in [-0.39, 0.29) is 6.61 Å². The van der Waals surface area contributed by atoms with Crippen LogP contribution in [0.4, 0.5) is 0 Å². The predicted molar refractivity (Wildman–Crippen MR) is 70.6 cm³/mol. The number of terminal acetylenes is 1. The van der Waals surface area contributed by atoms with Crippen LogP contribution >= 0.6 is 0 Å². The third-order valence-electron chi connectivity index (χ3n) is 3.41. The molecule has 3 nitrogen and oxygen atoms in total. The summed E-state index contributed by atoms with van der Waals surface area (Å²) in [7, 11) is -1.10. The van der Waals surface area contributed by atoms with Gasteiger partial charge in [-0.3, -0.25) is 4.21 Å². The average Bonchev–Trinajstić information content (AvgIpc) is 2.88. The van der Waals surface area contributed by atoms with Gasteiger partial charge in [0.15, 0.2) is 5.09 Å². The Morgan fingerprint density at radius 1 is 1.44 bits per heavy atom. The smallest absolute Gasteiger partial charge is 0.190 e. The van der Waals surface area contributed by atoms with Crippen molar-refractivity contribution >= 4 is 10.8 Å². The fourth-order valence-corrected chi connectivity index (χ4v) is 2.95. The van der Waals surface area contributed by atoms with Crippen molar-refractivity contribution in [2.45, 2.75) is 42.8 Å². The Bertz CT molecular complexity index is 464. The van der Waals surface area contributed by atoms with E-state index in [2.05, 4.69) is 5.92 Å². The summed E-state index contributed by atoms with van der Waals surface area (Å²) in [5, 5.41) is 0.499. The van der Waals surface area contributed by atoms with E-state index in [4.69, 9.17) is 15.6 Å². The molecule has 1 aliphatic rings. The minimum atomic E-state index is -1.10. The van der Waals surface area contributed by atoms with E-state index in [1.54, 1.807) is 12.3 Å². The Morgan fingerprint density at radius 3 is 2.72 bits per heavy atom. The minimum absolute atomic E-state index is 0.283. The zero-order chi connectivity index (χ0) is 13.0. The molecule has 1 aromatic heterocycles. The van der Waals surface area contributed by atoms with Crippen LogP contribution in [0.25, 0.3) is 0 Å². The second-order valence-electron chi connectivity index (χ2n) is 4.62. The van der Waals surface area contributed by atoms with Gasteiger partial charge in [-0.15, -0.1) is 6.42 Å². The minimum Gasteiger partial charge on any atom is -0.449 e. The van der Waals surface area contributed by atoms with E-state index < -0.39 is 16.4 Å². The summed E-state index contributed by atoms with van der Waals surface area (Å²) in [6.45, 7) is 0.283. The Morgan fingerprint density at radius 2 is 2.17 bits per heavy atom. The SMILES string of the molecule is C#CCOC1(c2ccc(S(C)=O)o2)CCCCC1. The van der Waals surface area contributed by atoms with Gasteiger partial charge in [-0.05, 0) is 25.0 Å². The average molecular weight is 266 g/mol. The first-order valence-electron chi connectivity index (χ1n) is 6.19. The van der Waals surface area contributed by atoms with E-state index in [0.717, 1.165) is 31.4 Å². The van der Waals surface area contributed by atoms with Gasteiger partial charge in [-0.2, -0.15) is 0 Å². The molecule has 0 amide bonds. The largest absolute Gasteiger partial charge is 0.449 e. The highest BCUT2D eigenvalue weighted by molar-refractivity contribution is 7.84. The van der Waals surface area contributed by atoms with Crippen LogP contribution in [0.3, 0.4) is 0 Å². The van der Waals surface area contributed by atoms with E-state index in [9.17, 15) is 4.21 Å². The zero-order valence-electron chi connectivity index (χ0n) is 10.6. The molecule has 0 radical (unpaired) electrons. The molecule has 1 unspecified atom stereocenters. The van der Waals surface area contributed by atoms with Crippen molar-refractivity contribution in [1.29, 1.82) is 0 Å². The molecule has 0 saturated heterocycles. The van der Waals surface area contributed by atoms with Crippen LogP contribution in [0.15, 0.2) is 21.6 Å². The lowest BCUT2D eigenvalue weighted by molar-refractivity contribution is -0.0771. The summed E-state index contributed by atoms with van der Waals surface area (Å²) in [4.78, 5) is 0. The molecule has 1 fully saturated rings. The van der Waals surface area contributed by atoms with Crippen LogP contribution in [0, 0.1) is 12.3 Å². The molecule has 1 aliphatic carbocycles. The van der Waals surface area contributed by atoms with Crippen molar-refractivity contribution < 1.29 is 13.4 Å². The van der Waals surface area contributed by atoms with Gasteiger partial charge in [0.05, 0.1) is 10.8 Å². The van der Waals surface area contributed by atoms with E-state index >= 15 is 0 Å². The van der Waals surface area contributed by atoms with Crippen LogP contribution in [0.1, 0.15) is 37.9 Å². The molecule has 1 saturated carbocycles. The maximum Gasteiger partial charge on any atom is 0.190 e. The third-order valence-corrected chi connectivity index (χ3v) is 4.19. The normalized spacial score (nSPS) is 20.2. The summed E-state index contributed by atoms with van der Waals surface area (Å²) < 4.78 is 23.0. The lowest BCUT2D eigenvalue weighted by Gasteiger charge is -2.34. The molecule has 98 valence electrons. The van der Waals surface area contributed by atoms with Crippen molar-refractivity contribution in [3.63, 3.8) is 0 Å². The summed E-state index contributed by atoms with van der Waals surface area (Å²) in [6, 6.07) is 3.64. The van der Waals surface area contributed by atoms with Crippen LogP contribution in [0.2, 0.25) is 0 Å². The molecule has 1 atom stereocenters. The Balaban J connectivity index is 2.26. The van der Waals surface area contributed by atoms with E-state index in [0.29, 0.717) is 5.09 Å². The quantitative estimate of drug-likeness (QED) is 0.787. The second kappa shape index (κ2) is 5.73. The second-order valence-corrected chi connectivity index (χ2v) is 5.93. The first-order chi connectivity index (χ1) is 8.68. The molecule has 4 heteroatoms. The Kier molecular flexibility index (Phi) is 4.26. The Hall–Kier alpha value is -1.05. The highest BCUT2D eigenvalue weighted by Crippen LogP contribution is 2.41. The fraction of sp³-hybridized carbons (Fsp3) is 0.571. The number of ether oxygens (including phenoxy) is 1. The van der Waals surface area contributed by atoms with Crippen molar-refractivity contribution in [3.05, 3.63) is 17.9 Å². The molecule has 0 spiro atoms. The van der Waals surface area contributed by atoms with Gasteiger partial charge >= 0.3 is 0 Å². The lowest BCUT2D eigenvalue weighted by Crippen LogP contribution is -2.32. The van der Waals surface area contributed by atoms with Crippen LogP contribution in [0.5, 0.6) is 0 Å². The van der Waals surface area contributed by atoms with Crippen LogP contribution < -0.4 is 0 Å². The maximum absolute atomic E-state index is 11.4.